The van der Waals surface area contributed by atoms with Gasteiger partial charge in [-0.2, -0.15) is 4.31 Å². The van der Waals surface area contributed by atoms with Gasteiger partial charge in [-0.15, -0.1) is 5.10 Å². The molecule has 1 N–H and O–H groups in total. The van der Waals surface area contributed by atoms with Gasteiger partial charge < -0.3 is 10.1 Å². The predicted octanol–water partition coefficient (Wildman–Crippen LogP) is 2.24. The van der Waals surface area contributed by atoms with Gasteiger partial charge in [-0.25, -0.2) is 13.1 Å². The van der Waals surface area contributed by atoms with Crippen LogP contribution in [-0.2, 0) is 14.8 Å². The molecule has 1 fully saturated rings. The van der Waals surface area contributed by atoms with E-state index in [-0.39, 0.29) is 17.4 Å². The van der Waals surface area contributed by atoms with Gasteiger partial charge in [0, 0.05) is 24.8 Å². The molecule has 2 aromatic carbocycles. The van der Waals surface area contributed by atoms with Gasteiger partial charge in [-0.1, -0.05) is 18.9 Å². The molecule has 0 spiro atoms. The van der Waals surface area contributed by atoms with Crippen molar-refractivity contribution in [1.29, 1.82) is 0 Å². The van der Waals surface area contributed by atoms with Crippen molar-refractivity contribution in [3.63, 3.8) is 0 Å². The number of amides is 1. The number of nitrogens with one attached hydrogen (secondary N) is 1. The molecule has 0 unspecified atom stereocenters. The second kappa shape index (κ2) is 9.88. The first-order valence-corrected chi connectivity index (χ1v) is 11.8. The lowest BCUT2D eigenvalue weighted by molar-refractivity contribution is -0.118. The van der Waals surface area contributed by atoms with Crippen LogP contribution in [0.15, 0.2) is 59.8 Å². The van der Waals surface area contributed by atoms with Crippen LogP contribution in [0.1, 0.15) is 25.7 Å². The first-order chi connectivity index (χ1) is 15.5. The summed E-state index contributed by atoms with van der Waals surface area (Å²) in [6.07, 6.45) is 5.34. The Kier molecular flexibility index (Phi) is 6.76. The molecule has 10 nitrogen and oxygen atoms in total. The number of benzene rings is 2. The number of sulfonamides is 1. The number of tetrazole rings is 1. The maximum atomic E-state index is 12.9. The number of ether oxygens (including phenoxy) is 1. The molecule has 0 radical (unpaired) electrons. The number of anilines is 1. The second-order valence-electron chi connectivity index (χ2n) is 7.43. The van der Waals surface area contributed by atoms with Crippen molar-refractivity contribution in [2.45, 2.75) is 30.6 Å². The SMILES string of the molecule is O=C(COc1cccc(-n2cnnn2)c1)Nc1ccc(S(=O)(=O)N2CCCCCC2)cc1. The zero-order chi connectivity index (χ0) is 22.4. The minimum Gasteiger partial charge on any atom is -0.484 e. The van der Waals surface area contributed by atoms with E-state index in [1.807, 2.05) is 6.07 Å². The number of carbonyl (C=O) groups is 1. The van der Waals surface area contributed by atoms with Crippen LogP contribution in [0.3, 0.4) is 0 Å². The number of hydrogen-bond donors (Lipinski definition) is 1. The molecule has 0 bridgehead atoms. The first-order valence-electron chi connectivity index (χ1n) is 10.4. The normalized spacial score (nSPS) is 15.1. The monoisotopic (exact) mass is 456 g/mol. The second-order valence-corrected chi connectivity index (χ2v) is 9.37. The van der Waals surface area contributed by atoms with Crippen LogP contribution in [-0.4, -0.2) is 58.5 Å². The highest BCUT2D eigenvalue weighted by Gasteiger charge is 2.25. The van der Waals surface area contributed by atoms with Crippen molar-refractivity contribution in [1.82, 2.24) is 24.5 Å². The van der Waals surface area contributed by atoms with Crippen LogP contribution >= 0.6 is 0 Å². The highest BCUT2D eigenvalue weighted by atomic mass is 32.2. The zero-order valence-corrected chi connectivity index (χ0v) is 18.2. The molecule has 1 aliphatic heterocycles. The third-order valence-corrected chi connectivity index (χ3v) is 7.05. The van der Waals surface area contributed by atoms with Crippen molar-refractivity contribution in [2.24, 2.45) is 0 Å². The summed E-state index contributed by atoms with van der Waals surface area (Å²) in [6, 6.07) is 13.2. The largest absolute Gasteiger partial charge is 0.484 e. The van der Waals surface area contributed by atoms with Crippen LogP contribution in [0.25, 0.3) is 5.69 Å². The maximum Gasteiger partial charge on any atom is 0.262 e. The molecule has 32 heavy (non-hydrogen) atoms. The first kappa shape index (κ1) is 21.9. The van der Waals surface area contributed by atoms with Crippen LogP contribution < -0.4 is 10.1 Å². The van der Waals surface area contributed by atoms with Crippen LogP contribution in [0.2, 0.25) is 0 Å². The molecule has 1 aromatic heterocycles. The Morgan fingerprint density at radius 1 is 1.03 bits per heavy atom. The van der Waals surface area contributed by atoms with E-state index in [1.54, 1.807) is 34.6 Å². The fourth-order valence-corrected chi connectivity index (χ4v) is 5.00. The molecule has 1 aliphatic rings. The predicted molar refractivity (Wildman–Crippen MR) is 117 cm³/mol. The van der Waals surface area contributed by atoms with E-state index in [2.05, 4.69) is 20.8 Å². The zero-order valence-electron chi connectivity index (χ0n) is 17.4. The average Bonchev–Trinajstić information content (AvgIpc) is 3.20. The van der Waals surface area contributed by atoms with Gasteiger partial charge in [0.15, 0.2) is 6.61 Å². The summed E-state index contributed by atoms with van der Waals surface area (Å²) < 4.78 is 34.3. The Labute approximate surface area is 186 Å². The van der Waals surface area contributed by atoms with Gasteiger partial charge in [0.2, 0.25) is 10.0 Å². The maximum absolute atomic E-state index is 12.9. The minimum absolute atomic E-state index is 0.201. The smallest absolute Gasteiger partial charge is 0.262 e. The van der Waals surface area contributed by atoms with Crippen molar-refractivity contribution in [3.8, 4) is 11.4 Å². The minimum atomic E-state index is -3.52. The Morgan fingerprint density at radius 2 is 1.78 bits per heavy atom. The number of carbonyl (C=O) groups excluding carboxylic acids is 1. The molecule has 0 aliphatic carbocycles. The molecule has 11 heteroatoms. The molecule has 1 saturated heterocycles. The van der Waals surface area contributed by atoms with Crippen LogP contribution in [0.4, 0.5) is 5.69 Å². The van der Waals surface area contributed by atoms with Gasteiger partial charge in [-0.05, 0) is 59.7 Å². The van der Waals surface area contributed by atoms with Crippen molar-refractivity contribution >= 4 is 21.6 Å². The lowest BCUT2D eigenvalue weighted by atomic mass is 10.2. The molecular formula is C21H24N6O4S. The molecule has 168 valence electrons. The summed E-state index contributed by atoms with van der Waals surface area (Å²) in [7, 11) is -3.52. The summed E-state index contributed by atoms with van der Waals surface area (Å²) in [5.74, 6) is 0.132. The van der Waals surface area contributed by atoms with E-state index in [0.717, 1.165) is 25.7 Å². The third kappa shape index (κ3) is 5.29. The van der Waals surface area contributed by atoms with E-state index in [1.165, 1.54) is 23.1 Å². The standard InChI is InChI=1S/C21H24N6O4S/c28-21(15-31-19-7-5-6-18(14-19)27-16-22-24-25-27)23-17-8-10-20(11-9-17)32(29,30)26-12-3-1-2-4-13-26/h5-11,14,16H,1-4,12-13,15H2,(H,23,28). The number of aromatic nitrogens is 4. The van der Waals surface area contributed by atoms with E-state index >= 15 is 0 Å². The summed E-state index contributed by atoms with van der Waals surface area (Å²) in [5.41, 5.74) is 1.20. The highest BCUT2D eigenvalue weighted by molar-refractivity contribution is 7.89. The molecule has 2 heterocycles. The molecule has 0 atom stereocenters. The average molecular weight is 457 g/mol. The summed E-state index contributed by atoms with van der Waals surface area (Å²) in [5, 5.41) is 13.7. The van der Waals surface area contributed by atoms with Gasteiger partial charge in [0.1, 0.15) is 12.1 Å². The quantitative estimate of drug-likeness (QED) is 0.579. The molecule has 4 rings (SSSR count). The number of rotatable bonds is 7. The van der Waals surface area contributed by atoms with Crippen LogP contribution in [0.5, 0.6) is 5.75 Å². The van der Waals surface area contributed by atoms with E-state index in [4.69, 9.17) is 4.74 Å². The molecular weight excluding hydrogens is 432 g/mol. The van der Waals surface area contributed by atoms with Gasteiger partial charge >= 0.3 is 0 Å². The van der Waals surface area contributed by atoms with Crippen molar-refractivity contribution in [3.05, 3.63) is 54.9 Å². The van der Waals surface area contributed by atoms with E-state index < -0.39 is 10.0 Å². The fraction of sp³-hybridized carbons (Fsp3) is 0.333. The topological polar surface area (TPSA) is 119 Å². The lowest BCUT2D eigenvalue weighted by Gasteiger charge is -2.20. The highest BCUT2D eigenvalue weighted by Crippen LogP contribution is 2.22. The Bertz CT molecular complexity index is 1140. The fourth-order valence-electron chi connectivity index (χ4n) is 3.48. The molecule has 0 saturated carbocycles. The van der Waals surface area contributed by atoms with Gasteiger partial charge in [0.05, 0.1) is 10.6 Å². The summed E-state index contributed by atoms with van der Waals surface area (Å²) >= 11 is 0. The van der Waals surface area contributed by atoms with Gasteiger partial charge in [-0.3, -0.25) is 4.79 Å². The third-order valence-electron chi connectivity index (χ3n) is 5.14. The number of nitrogens with zero attached hydrogens (tertiary/aromatic N) is 5. The van der Waals surface area contributed by atoms with E-state index in [0.29, 0.717) is 30.2 Å². The van der Waals surface area contributed by atoms with Crippen molar-refractivity contribution in [2.75, 3.05) is 25.0 Å². The summed E-state index contributed by atoms with van der Waals surface area (Å²) in [4.78, 5) is 12.5. The number of hydrogen-bond acceptors (Lipinski definition) is 7. The Morgan fingerprint density at radius 3 is 2.47 bits per heavy atom. The van der Waals surface area contributed by atoms with Gasteiger partial charge in [0.25, 0.3) is 5.91 Å². The molecule has 3 aromatic rings. The Balaban J connectivity index is 1.33. The van der Waals surface area contributed by atoms with Crippen LogP contribution in [0, 0.1) is 0 Å². The van der Waals surface area contributed by atoms with E-state index in [9.17, 15) is 13.2 Å². The lowest BCUT2D eigenvalue weighted by Crippen LogP contribution is -2.31. The van der Waals surface area contributed by atoms with Crippen molar-refractivity contribution < 1.29 is 17.9 Å². The Hall–Kier alpha value is -3.31. The molecule has 1 amide bonds. The summed E-state index contributed by atoms with van der Waals surface area (Å²) in [6.45, 7) is 0.895.